The van der Waals surface area contributed by atoms with E-state index in [-0.39, 0.29) is 0 Å². The molecule has 3 nitrogen and oxygen atoms in total. The van der Waals surface area contributed by atoms with Crippen LogP contribution < -0.4 is 4.74 Å². The highest BCUT2D eigenvalue weighted by Crippen LogP contribution is 2.18. The summed E-state index contributed by atoms with van der Waals surface area (Å²) in [7, 11) is 1.51. The predicted octanol–water partition coefficient (Wildman–Crippen LogP) is 1.90. The summed E-state index contributed by atoms with van der Waals surface area (Å²) in [6.07, 6.45) is 1.48. The Labute approximate surface area is 71.5 Å². The Morgan fingerprint density at radius 1 is 1.70 bits per heavy atom. The maximum atomic E-state index is 5.59. The third kappa shape index (κ3) is 1.58. The molecule has 0 fully saturated rings. The van der Waals surface area contributed by atoms with E-state index >= 15 is 0 Å². The highest BCUT2D eigenvalue weighted by molar-refractivity contribution is 9.10. The minimum atomic E-state index is 0.305. The van der Waals surface area contributed by atoms with Crippen LogP contribution in [0.4, 0.5) is 0 Å². The van der Waals surface area contributed by atoms with Gasteiger partial charge in [-0.3, -0.25) is 0 Å². The van der Waals surface area contributed by atoms with E-state index in [1.807, 2.05) is 0 Å². The molecule has 1 aromatic rings. The Hall–Kier alpha value is -0.350. The highest BCUT2D eigenvalue weighted by Gasteiger charge is 2.00. The van der Waals surface area contributed by atoms with Crippen LogP contribution in [0.3, 0.4) is 0 Å². The molecule has 0 saturated heterocycles. The van der Waals surface area contributed by atoms with Gasteiger partial charge >= 0.3 is 0 Å². The molecule has 0 aliphatic carbocycles. The molecule has 0 aliphatic rings. The van der Waals surface area contributed by atoms with Gasteiger partial charge in [-0.2, -0.15) is 4.98 Å². The third-order valence-electron chi connectivity index (χ3n) is 0.876. The largest absolute Gasteiger partial charge is 0.480 e. The Morgan fingerprint density at radius 2 is 2.40 bits per heavy atom. The Bertz CT molecular complexity index is 243. The number of aromatic nitrogens is 2. The van der Waals surface area contributed by atoms with Gasteiger partial charge in [0.15, 0.2) is 5.15 Å². The molecular formula is C5H4BrClN2O. The van der Waals surface area contributed by atoms with E-state index in [4.69, 9.17) is 16.3 Å². The van der Waals surface area contributed by atoms with Gasteiger partial charge in [0.1, 0.15) is 4.60 Å². The summed E-state index contributed by atoms with van der Waals surface area (Å²) in [6, 6.07) is 0. The molecule has 0 N–H and O–H groups in total. The monoisotopic (exact) mass is 222 g/mol. The molecule has 0 unspecified atom stereocenters. The molecule has 54 valence electrons. The minimum Gasteiger partial charge on any atom is -0.480 e. The number of methoxy groups -OCH3 is 1. The van der Waals surface area contributed by atoms with Crippen LogP contribution in [-0.4, -0.2) is 17.1 Å². The zero-order valence-electron chi connectivity index (χ0n) is 5.14. The first-order chi connectivity index (χ1) is 4.74. The quantitative estimate of drug-likeness (QED) is 0.729. The van der Waals surface area contributed by atoms with Crippen molar-refractivity contribution in [3.05, 3.63) is 16.0 Å². The minimum absolute atomic E-state index is 0.305. The van der Waals surface area contributed by atoms with Crippen molar-refractivity contribution in [1.29, 1.82) is 0 Å². The lowest BCUT2D eigenvalue weighted by Crippen LogP contribution is -1.89. The number of rotatable bonds is 1. The first-order valence-corrected chi connectivity index (χ1v) is 3.63. The molecule has 0 radical (unpaired) electrons. The van der Waals surface area contributed by atoms with Crippen LogP contribution in [0.2, 0.25) is 5.15 Å². The van der Waals surface area contributed by atoms with Crippen LogP contribution in [0.1, 0.15) is 0 Å². The summed E-state index contributed by atoms with van der Waals surface area (Å²) < 4.78 is 5.29. The van der Waals surface area contributed by atoms with Crippen molar-refractivity contribution in [3.8, 4) is 5.88 Å². The fraction of sp³-hybridized carbons (Fsp3) is 0.200. The Balaban J connectivity index is 3.04. The van der Waals surface area contributed by atoms with Gasteiger partial charge in [-0.05, 0) is 15.9 Å². The van der Waals surface area contributed by atoms with Gasteiger partial charge < -0.3 is 4.74 Å². The Morgan fingerprint density at radius 3 is 2.90 bits per heavy atom. The zero-order chi connectivity index (χ0) is 7.56. The van der Waals surface area contributed by atoms with Gasteiger partial charge in [0.2, 0.25) is 5.88 Å². The summed E-state index contributed by atoms with van der Waals surface area (Å²) in [5, 5.41) is 0.305. The average Bonchev–Trinajstić information content (AvgIpc) is 1.95. The summed E-state index contributed by atoms with van der Waals surface area (Å²) in [5.41, 5.74) is 0. The second-order valence-electron chi connectivity index (χ2n) is 1.49. The van der Waals surface area contributed by atoms with Crippen LogP contribution in [-0.2, 0) is 0 Å². The molecule has 1 heterocycles. The van der Waals surface area contributed by atoms with E-state index in [0.717, 1.165) is 0 Å². The van der Waals surface area contributed by atoms with E-state index < -0.39 is 0 Å². The molecule has 10 heavy (non-hydrogen) atoms. The van der Waals surface area contributed by atoms with Crippen LogP contribution in [0.15, 0.2) is 10.8 Å². The van der Waals surface area contributed by atoms with Crippen molar-refractivity contribution in [2.75, 3.05) is 7.11 Å². The fourth-order valence-electron chi connectivity index (χ4n) is 0.435. The zero-order valence-corrected chi connectivity index (χ0v) is 7.48. The number of hydrogen-bond donors (Lipinski definition) is 0. The van der Waals surface area contributed by atoms with Crippen LogP contribution in [0.25, 0.3) is 0 Å². The maximum Gasteiger partial charge on any atom is 0.233 e. The van der Waals surface area contributed by atoms with Gasteiger partial charge in [0.05, 0.1) is 13.3 Å². The lowest BCUT2D eigenvalue weighted by molar-refractivity contribution is 0.395. The van der Waals surface area contributed by atoms with E-state index in [1.54, 1.807) is 0 Å². The van der Waals surface area contributed by atoms with Gasteiger partial charge in [-0.15, -0.1) is 0 Å². The van der Waals surface area contributed by atoms with Gasteiger partial charge in [-0.1, -0.05) is 11.6 Å². The summed E-state index contributed by atoms with van der Waals surface area (Å²) in [6.45, 7) is 0. The predicted molar refractivity (Wildman–Crippen MR) is 41.3 cm³/mol. The molecular weight excluding hydrogens is 219 g/mol. The molecule has 0 spiro atoms. The topological polar surface area (TPSA) is 35.0 Å². The lowest BCUT2D eigenvalue weighted by atomic mass is 10.7. The lowest BCUT2D eigenvalue weighted by Gasteiger charge is -1.97. The van der Waals surface area contributed by atoms with Crippen LogP contribution >= 0.6 is 27.5 Å². The molecule has 0 bridgehead atoms. The maximum absolute atomic E-state index is 5.59. The molecule has 1 rings (SSSR count). The smallest absolute Gasteiger partial charge is 0.233 e. The fourth-order valence-corrected chi connectivity index (χ4v) is 0.758. The number of hydrogen-bond acceptors (Lipinski definition) is 3. The molecule has 5 heteroatoms. The van der Waals surface area contributed by atoms with E-state index in [9.17, 15) is 0 Å². The normalized spacial score (nSPS) is 9.50. The molecule has 0 aromatic carbocycles. The number of ether oxygens (including phenoxy) is 1. The SMILES string of the molecule is COc1cnc(Br)c(Cl)n1. The van der Waals surface area contributed by atoms with Crippen LogP contribution in [0.5, 0.6) is 5.88 Å². The second kappa shape index (κ2) is 3.16. The van der Waals surface area contributed by atoms with Crippen molar-refractivity contribution in [1.82, 2.24) is 9.97 Å². The van der Waals surface area contributed by atoms with Gasteiger partial charge in [-0.25, -0.2) is 4.98 Å². The summed E-state index contributed by atoms with van der Waals surface area (Å²) >= 11 is 8.69. The molecule has 0 aliphatic heterocycles. The van der Waals surface area contributed by atoms with Crippen molar-refractivity contribution in [3.63, 3.8) is 0 Å². The second-order valence-corrected chi connectivity index (χ2v) is 2.60. The molecule has 0 saturated carbocycles. The highest BCUT2D eigenvalue weighted by atomic mass is 79.9. The molecule has 0 amide bonds. The first-order valence-electron chi connectivity index (χ1n) is 2.46. The van der Waals surface area contributed by atoms with Crippen molar-refractivity contribution in [2.24, 2.45) is 0 Å². The first kappa shape index (κ1) is 7.75. The summed E-state index contributed by atoms with van der Waals surface area (Å²) in [5.74, 6) is 0.410. The summed E-state index contributed by atoms with van der Waals surface area (Å²) in [4.78, 5) is 7.67. The van der Waals surface area contributed by atoms with Gasteiger partial charge in [0.25, 0.3) is 0 Å². The third-order valence-corrected chi connectivity index (χ3v) is 1.95. The average molecular weight is 223 g/mol. The van der Waals surface area contributed by atoms with Crippen molar-refractivity contribution < 1.29 is 4.74 Å². The Kier molecular flexibility index (Phi) is 2.45. The van der Waals surface area contributed by atoms with Crippen molar-refractivity contribution >= 4 is 27.5 Å². The molecule has 1 aromatic heterocycles. The molecule has 0 atom stereocenters. The number of nitrogens with zero attached hydrogens (tertiary/aromatic N) is 2. The van der Waals surface area contributed by atoms with Gasteiger partial charge in [0, 0.05) is 0 Å². The van der Waals surface area contributed by atoms with E-state index in [1.165, 1.54) is 13.3 Å². The van der Waals surface area contributed by atoms with E-state index in [2.05, 4.69) is 25.9 Å². The standard InChI is InChI=1S/C5H4BrClN2O/c1-10-3-2-8-4(6)5(7)9-3/h2H,1H3. The number of halogens is 2. The van der Waals surface area contributed by atoms with Crippen LogP contribution in [0, 0.1) is 0 Å². The van der Waals surface area contributed by atoms with E-state index in [0.29, 0.717) is 15.6 Å². The van der Waals surface area contributed by atoms with Crippen molar-refractivity contribution in [2.45, 2.75) is 0 Å².